The first-order chi connectivity index (χ1) is 10.3. The van der Waals surface area contributed by atoms with Crippen LogP contribution >= 0.6 is 15.9 Å². The van der Waals surface area contributed by atoms with Gasteiger partial charge in [-0.1, -0.05) is 58.4 Å². The van der Waals surface area contributed by atoms with Crippen molar-refractivity contribution in [3.8, 4) is 0 Å². The van der Waals surface area contributed by atoms with E-state index >= 15 is 0 Å². The molecule has 2 aliphatic carbocycles. The third-order valence-electron chi connectivity index (χ3n) is 5.18. The third-order valence-corrected chi connectivity index (χ3v) is 6.12. The fourth-order valence-corrected chi connectivity index (χ4v) is 5.19. The third kappa shape index (κ3) is 2.34. The molecule has 2 aliphatic rings. The number of halogens is 2. The molecule has 0 bridgehead atoms. The highest BCUT2D eigenvalue weighted by atomic mass is 79.9. The van der Waals surface area contributed by atoms with Crippen LogP contribution in [-0.2, 0) is 12.8 Å². The average molecular weight is 345 g/mol. The van der Waals surface area contributed by atoms with Crippen molar-refractivity contribution in [3.63, 3.8) is 0 Å². The maximum absolute atomic E-state index is 13.8. The summed E-state index contributed by atoms with van der Waals surface area (Å²) in [7, 11) is 0. The Hall–Kier alpha value is -1.15. The fraction of sp³-hybridized carbons (Fsp3) is 0.368. The summed E-state index contributed by atoms with van der Waals surface area (Å²) in [4.78, 5) is 0.371. The lowest BCUT2D eigenvalue weighted by Crippen LogP contribution is -2.08. The molecule has 0 aromatic heterocycles. The molecule has 0 nitrogen and oxygen atoms in total. The number of alkyl halides is 1. The van der Waals surface area contributed by atoms with Crippen LogP contribution in [-0.4, -0.2) is 4.83 Å². The SMILES string of the molecule is Fc1ccccc1CC(Br)C1C2CCc3ccccc3C21. The molecule has 0 heterocycles. The minimum atomic E-state index is -0.0778. The number of hydrogen-bond donors (Lipinski definition) is 0. The van der Waals surface area contributed by atoms with E-state index in [1.165, 1.54) is 24.0 Å². The van der Waals surface area contributed by atoms with Gasteiger partial charge >= 0.3 is 0 Å². The highest BCUT2D eigenvalue weighted by Crippen LogP contribution is 2.62. The van der Waals surface area contributed by atoms with Gasteiger partial charge in [-0.2, -0.15) is 0 Å². The van der Waals surface area contributed by atoms with E-state index in [4.69, 9.17) is 0 Å². The van der Waals surface area contributed by atoms with Crippen molar-refractivity contribution in [2.75, 3.05) is 0 Å². The van der Waals surface area contributed by atoms with Gasteiger partial charge in [-0.25, -0.2) is 4.39 Å². The molecule has 0 saturated heterocycles. The lowest BCUT2D eigenvalue weighted by molar-refractivity contribution is 0.586. The minimum Gasteiger partial charge on any atom is -0.207 e. The second-order valence-electron chi connectivity index (χ2n) is 6.32. The molecule has 21 heavy (non-hydrogen) atoms. The van der Waals surface area contributed by atoms with E-state index < -0.39 is 0 Å². The first-order valence-electron chi connectivity index (χ1n) is 7.71. The van der Waals surface area contributed by atoms with Gasteiger partial charge in [0.2, 0.25) is 0 Å². The summed E-state index contributed by atoms with van der Waals surface area (Å²) in [6, 6.07) is 16.0. The molecule has 0 radical (unpaired) electrons. The summed E-state index contributed by atoms with van der Waals surface area (Å²) in [5.74, 6) is 2.06. The number of benzene rings is 2. The predicted octanol–water partition coefficient (Wildman–Crippen LogP) is 5.11. The molecule has 4 rings (SSSR count). The fourth-order valence-electron chi connectivity index (χ4n) is 4.12. The van der Waals surface area contributed by atoms with Gasteiger partial charge in [-0.3, -0.25) is 0 Å². The van der Waals surface area contributed by atoms with Crippen LogP contribution in [0.5, 0.6) is 0 Å². The van der Waals surface area contributed by atoms with Crippen LogP contribution in [0.1, 0.15) is 29.0 Å². The van der Waals surface area contributed by atoms with Crippen LogP contribution in [0.3, 0.4) is 0 Å². The van der Waals surface area contributed by atoms with Crippen LogP contribution in [0.2, 0.25) is 0 Å². The van der Waals surface area contributed by atoms with Crippen molar-refractivity contribution in [3.05, 3.63) is 71.0 Å². The average Bonchev–Trinajstić information content (AvgIpc) is 3.24. The molecule has 2 aromatic rings. The molecule has 1 saturated carbocycles. The lowest BCUT2D eigenvalue weighted by Gasteiger charge is -2.13. The van der Waals surface area contributed by atoms with Crippen molar-refractivity contribution in [1.82, 2.24) is 0 Å². The molecule has 4 unspecified atom stereocenters. The van der Waals surface area contributed by atoms with Gasteiger partial charge in [0, 0.05) is 4.83 Å². The van der Waals surface area contributed by atoms with Crippen molar-refractivity contribution in [1.29, 1.82) is 0 Å². The standard InChI is InChI=1S/C19H18BrF/c20-16(11-13-6-2-4-8-17(13)21)19-15-10-9-12-5-1-3-7-14(12)18(15)19/h1-8,15-16,18-19H,9-11H2. The van der Waals surface area contributed by atoms with E-state index in [0.717, 1.165) is 17.9 Å². The van der Waals surface area contributed by atoms with Gasteiger partial charge in [0.05, 0.1) is 0 Å². The first kappa shape index (κ1) is 13.5. The van der Waals surface area contributed by atoms with E-state index in [-0.39, 0.29) is 5.82 Å². The summed E-state index contributed by atoms with van der Waals surface area (Å²) in [6.07, 6.45) is 3.27. The molecule has 1 fully saturated rings. The molecule has 0 amide bonds. The Bertz CT molecular complexity index is 666. The summed E-state index contributed by atoms with van der Waals surface area (Å²) >= 11 is 3.85. The number of aryl methyl sites for hydroxylation is 1. The molecule has 2 aromatic carbocycles. The van der Waals surface area contributed by atoms with E-state index in [1.807, 2.05) is 12.1 Å². The van der Waals surface area contributed by atoms with Crippen LogP contribution in [0.15, 0.2) is 48.5 Å². The highest BCUT2D eigenvalue weighted by molar-refractivity contribution is 9.09. The molecule has 2 heteroatoms. The Morgan fingerprint density at radius 3 is 2.71 bits per heavy atom. The zero-order valence-corrected chi connectivity index (χ0v) is 13.4. The summed E-state index contributed by atoms with van der Waals surface area (Å²) < 4.78 is 13.8. The van der Waals surface area contributed by atoms with Crippen LogP contribution in [0.4, 0.5) is 4.39 Å². The first-order valence-corrected chi connectivity index (χ1v) is 8.62. The molecule has 4 atom stereocenters. The zero-order chi connectivity index (χ0) is 14.4. The molecular weight excluding hydrogens is 327 g/mol. The van der Waals surface area contributed by atoms with Gasteiger partial charge in [0.15, 0.2) is 0 Å². The van der Waals surface area contributed by atoms with Gasteiger partial charge in [0.25, 0.3) is 0 Å². The lowest BCUT2D eigenvalue weighted by atomic mass is 9.92. The second-order valence-corrected chi connectivity index (χ2v) is 7.49. The zero-order valence-electron chi connectivity index (χ0n) is 11.8. The van der Waals surface area contributed by atoms with Gasteiger partial charge in [-0.15, -0.1) is 0 Å². The van der Waals surface area contributed by atoms with Crippen molar-refractivity contribution < 1.29 is 4.39 Å². The second kappa shape index (κ2) is 5.24. The maximum atomic E-state index is 13.8. The quantitative estimate of drug-likeness (QED) is 0.679. The Balaban J connectivity index is 1.53. The molecule has 0 N–H and O–H groups in total. The Morgan fingerprint density at radius 1 is 1.10 bits per heavy atom. The van der Waals surface area contributed by atoms with Crippen molar-refractivity contribution in [2.45, 2.75) is 30.0 Å². The van der Waals surface area contributed by atoms with Crippen LogP contribution < -0.4 is 0 Å². The van der Waals surface area contributed by atoms with Crippen molar-refractivity contribution >= 4 is 15.9 Å². The normalized spacial score (nSPS) is 27.6. The molecule has 0 spiro atoms. The Morgan fingerprint density at radius 2 is 1.86 bits per heavy atom. The number of rotatable bonds is 3. The molecular formula is C19H18BrF. The minimum absolute atomic E-state index is 0.0778. The van der Waals surface area contributed by atoms with E-state index in [2.05, 4.69) is 40.2 Å². The smallest absolute Gasteiger partial charge is 0.126 e. The number of hydrogen-bond acceptors (Lipinski definition) is 0. The Kier molecular flexibility index (Phi) is 3.37. The van der Waals surface area contributed by atoms with Gasteiger partial charge in [-0.05, 0) is 59.8 Å². The molecule has 108 valence electrons. The predicted molar refractivity (Wildman–Crippen MR) is 87.3 cm³/mol. The number of fused-ring (bicyclic) bond motifs is 3. The summed E-state index contributed by atoms with van der Waals surface area (Å²) in [6.45, 7) is 0. The van der Waals surface area contributed by atoms with Gasteiger partial charge in [0.1, 0.15) is 5.82 Å². The van der Waals surface area contributed by atoms with Crippen LogP contribution in [0.25, 0.3) is 0 Å². The monoisotopic (exact) mass is 344 g/mol. The highest BCUT2D eigenvalue weighted by Gasteiger charge is 2.55. The van der Waals surface area contributed by atoms with E-state index in [1.54, 1.807) is 12.1 Å². The summed E-state index contributed by atoms with van der Waals surface area (Å²) in [5, 5.41) is 0. The van der Waals surface area contributed by atoms with Gasteiger partial charge < -0.3 is 0 Å². The summed E-state index contributed by atoms with van der Waals surface area (Å²) in [5.41, 5.74) is 3.89. The van der Waals surface area contributed by atoms with Crippen molar-refractivity contribution in [2.24, 2.45) is 11.8 Å². The Labute approximate surface area is 133 Å². The largest absolute Gasteiger partial charge is 0.207 e. The van der Waals surface area contributed by atoms with Crippen LogP contribution in [0, 0.1) is 17.7 Å². The maximum Gasteiger partial charge on any atom is 0.126 e. The molecule has 0 aliphatic heterocycles. The van der Waals surface area contributed by atoms with E-state index in [0.29, 0.717) is 16.7 Å². The topological polar surface area (TPSA) is 0 Å². The van der Waals surface area contributed by atoms with E-state index in [9.17, 15) is 4.39 Å².